The molecule has 0 spiro atoms. The molecule has 1 heterocycles. The largest absolute Gasteiger partial charge is 0.442 e. The standard InChI is InChI=1S/C26H35NO3/c1-7-21-11-9-10-12-24(21)19(4)29-17-23-16-27(25(28)30-23)26(5,6)15-20-13-18(3)22(8-2)14-20/h7-12,19-20,23H,1-2,13-17H2,3-6H3/t19-,20?,23-/m1/s1. The molecule has 162 valence electrons. The van der Waals surface area contributed by atoms with Gasteiger partial charge in [-0.05, 0) is 69.6 Å². The summed E-state index contributed by atoms with van der Waals surface area (Å²) in [5.41, 5.74) is 4.69. The van der Waals surface area contributed by atoms with Gasteiger partial charge in [0.15, 0.2) is 0 Å². The second-order valence-corrected chi connectivity index (χ2v) is 9.23. The molecule has 1 aromatic rings. The van der Waals surface area contributed by atoms with Gasteiger partial charge >= 0.3 is 6.09 Å². The van der Waals surface area contributed by atoms with E-state index in [0.717, 1.165) is 30.4 Å². The number of ether oxygens (including phenoxy) is 2. The van der Waals surface area contributed by atoms with Crippen molar-refractivity contribution >= 4 is 12.2 Å². The number of rotatable bonds is 9. The molecule has 4 heteroatoms. The molecule has 1 fully saturated rings. The van der Waals surface area contributed by atoms with E-state index in [0.29, 0.717) is 19.1 Å². The molecule has 0 saturated carbocycles. The maximum atomic E-state index is 12.6. The van der Waals surface area contributed by atoms with E-state index in [-0.39, 0.29) is 23.8 Å². The number of benzene rings is 1. The van der Waals surface area contributed by atoms with E-state index in [1.54, 1.807) is 0 Å². The van der Waals surface area contributed by atoms with Crippen LogP contribution in [0.25, 0.3) is 6.08 Å². The van der Waals surface area contributed by atoms with E-state index in [1.807, 2.05) is 48.2 Å². The lowest BCUT2D eigenvalue weighted by Gasteiger charge is -2.36. The quantitative estimate of drug-likeness (QED) is 0.480. The monoisotopic (exact) mass is 409 g/mol. The number of hydrogen-bond acceptors (Lipinski definition) is 3. The average Bonchev–Trinajstić information content (AvgIpc) is 3.27. The summed E-state index contributed by atoms with van der Waals surface area (Å²) >= 11 is 0. The van der Waals surface area contributed by atoms with Crippen molar-refractivity contribution in [3.63, 3.8) is 0 Å². The zero-order chi connectivity index (χ0) is 21.9. The molecule has 0 aromatic heterocycles. The van der Waals surface area contributed by atoms with Crippen molar-refractivity contribution in [2.45, 2.75) is 64.7 Å². The molecule has 1 amide bonds. The van der Waals surface area contributed by atoms with Crippen LogP contribution in [0.2, 0.25) is 0 Å². The third kappa shape index (κ3) is 4.86. The summed E-state index contributed by atoms with van der Waals surface area (Å²) < 4.78 is 11.7. The Hall–Kier alpha value is -2.33. The number of nitrogens with zero attached hydrogens (tertiary/aromatic N) is 1. The first-order valence-electron chi connectivity index (χ1n) is 10.9. The van der Waals surface area contributed by atoms with Gasteiger partial charge in [0.05, 0.1) is 19.3 Å². The highest BCUT2D eigenvalue weighted by Crippen LogP contribution is 2.39. The third-order valence-corrected chi connectivity index (χ3v) is 6.48. The van der Waals surface area contributed by atoms with Gasteiger partial charge in [0, 0.05) is 5.54 Å². The van der Waals surface area contributed by atoms with Crippen molar-refractivity contribution < 1.29 is 14.3 Å². The fraction of sp³-hybridized carbons (Fsp3) is 0.500. The van der Waals surface area contributed by atoms with Gasteiger partial charge in [-0.15, -0.1) is 0 Å². The highest BCUT2D eigenvalue weighted by atomic mass is 16.6. The van der Waals surface area contributed by atoms with Crippen molar-refractivity contribution in [2.24, 2.45) is 5.92 Å². The molecule has 3 rings (SSSR count). The summed E-state index contributed by atoms with van der Waals surface area (Å²) in [7, 11) is 0. The fourth-order valence-electron chi connectivity index (χ4n) is 4.85. The predicted molar refractivity (Wildman–Crippen MR) is 122 cm³/mol. The van der Waals surface area contributed by atoms with Crippen LogP contribution in [-0.4, -0.2) is 35.8 Å². The summed E-state index contributed by atoms with van der Waals surface area (Å²) in [5, 5.41) is 0. The van der Waals surface area contributed by atoms with Gasteiger partial charge in [0.25, 0.3) is 0 Å². The van der Waals surface area contributed by atoms with Gasteiger partial charge in [0.2, 0.25) is 0 Å². The Balaban J connectivity index is 1.55. The molecule has 4 nitrogen and oxygen atoms in total. The third-order valence-electron chi connectivity index (χ3n) is 6.48. The Morgan fingerprint density at radius 3 is 2.67 bits per heavy atom. The molecule has 1 saturated heterocycles. The molecule has 30 heavy (non-hydrogen) atoms. The van der Waals surface area contributed by atoms with Crippen LogP contribution in [0.3, 0.4) is 0 Å². The zero-order valence-electron chi connectivity index (χ0n) is 18.8. The van der Waals surface area contributed by atoms with Crippen molar-refractivity contribution in [3.8, 4) is 0 Å². The minimum Gasteiger partial charge on any atom is -0.442 e. The van der Waals surface area contributed by atoms with E-state index < -0.39 is 0 Å². The first kappa shape index (κ1) is 22.4. The van der Waals surface area contributed by atoms with Crippen LogP contribution in [0, 0.1) is 5.92 Å². The topological polar surface area (TPSA) is 38.8 Å². The van der Waals surface area contributed by atoms with Crippen molar-refractivity contribution in [1.82, 2.24) is 4.90 Å². The maximum absolute atomic E-state index is 12.6. The number of cyclic esters (lactones) is 1. The predicted octanol–water partition coefficient (Wildman–Crippen LogP) is 6.31. The second kappa shape index (κ2) is 9.22. The zero-order valence-corrected chi connectivity index (χ0v) is 18.8. The lowest BCUT2D eigenvalue weighted by atomic mass is 9.87. The Kier molecular flexibility index (Phi) is 6.87. The van der Waals surface area contributed by atoms with Crippen LogP contribution >= 0.6 is 0 Å². The number of allylic oxidation sites excluding steroid dienone is 3. The van der Waals surface area contributed by atoms with Gasteiger partial charge in [-0.25, -0.2) is 4.79 Å². The van der Waals surface area contributed by atoms with E-state index >= 15 is 0 Å². The fourth-order valence-corrected chi connectivity index (χ4v) is 4.85. The average molecular weight is 410 g/mol. The van der Waals surface area contributed by atoms with Gasteiger partial charge in [-0.3, -0.25) is 4.90 Å². The summed E-state index contributed by atoms with van der Waals surface area (Å²) in [6, 6.07) is 8.07. The molecule has 1 aliphatic carbocycles. The lowest BCUT2D eigenvalue weighted by Crippen LogP contribution is -2.46. The SMILES string of the molecule is C=CC1=C(C)CC(CC(C)(C)N2C[C@H](CO[C@H](C)c3ccccc3C=C)OC2=O)C1. The van der Waals surface area contributed by atoms with E-state index in [4.69, 9.17) is 9.47 Å². The van der Waals surface area contributed by atoms with E-state index in [1.165, 1.54) is 11.1 Å². The smallest absolute Gasteiger partial charge is 0.410 e. The number of amides is 1. The van der Waals surface area contributed by atoms with Crippen LogP contribution in [0.1, 0.15) is 64.2 Å². The Morgan fingerprint density at radius 2 is 2.00 bits per heavy atom. The van der Waals surface area contributed by atoms with Crippen LogP contribution in [-0.2, 0) is 9.47 Å². The normalized spacial score (nSPS) is 22.9. The lowest BCUT2D eigenvalue weighted by molar-refractivity contribution is 0.00652. The van der Waals surface area contributed by atoms with Crippen LogP contribution in [0.5, 0.6) is 0 Å². The molecule has 3 atom stereocenters. The molecule has 2 aliphatic rings. The highest BCUT2D eigenvalue weighted by molar-refractivity contribution is 5.71. The summed E-state index contributed by atoms with van der Waals surface area (Å²) in [6.07, 6.45) is 6.33. The Morgan fingerprint density at radius 1 is 1.27 bits per heavy atom. The molecule has 0 bridgehead atoms. The molecular formula is C26H35NO3. The first-order chi connectivity index (χ1) is 14.2. The first-order valence-corrected chi connectivity index (χ1v) is 10.9. The number of hydrogen-bond donors (Lipinski definition) is 0. The summed E-state index contributed by atoms with van der Waals surface area (Å²) in [5.74, 6) is 0.548. The molecule has 1 aromatic carbocycles. The van der Waals surface area contributed by atoms with Gasteiger partial charge < -0.3 is 9.47 Å². The molecule has 0 N–H and O–H groups in total. The Bertz CT molecular complexity index is 838. The molecular weight excluding hydrogens is 374 g/mol. The molecule has 1 aliphatic heterocycles. The van der Waals surface area contributed by atoms with Crippen LogP contribution in [0.15, 0.2) is 54.6 Å². The summed E-state index contributed by atoms with van der Waals surface area (Å²) in [4.78, 5) is 14.5. The maximum Gasteiger partial charge on any atom is 0.410 e. The molecule has 1 unspecified atom stereocenters. The molecule has 0 radical (unpaired) electrons. The van der Waals surface area contributed by atoms with Crippen molar-refractivity contribution in [1.29, 1.82) is 0 Å². The second-order valence-electron chi connectivity index (χ2n) is 9.23. The minimum absolute atomic E-state index is 0.0928. The van der Waals surface area contributed by atoms with Gasteiger partial charge in [-0.2, -0.15) is 0 Å². The van der Waals surface area contributed by atoms with Crippen molar-refractivity contribution in [2.75, 3.05) is 13.2 Å². The Labute approximate surface area is 181 Å². The highest BCUT2D eigenvalue weighted by Gasteiger charge is 2.42. The van der Waals surface area contributed by atoms with Crippen LogP contribution < -0.4 is 0 Å². The van der Waals surface area contributed by atoms with Crippen LogP contribution in [0.4, 0.5) is 4.79 Å². The van der Waals surface area contributed by atoms with Gasteiger partial charge in [0.1, 0.15) is 6.10 Å². The van der Waals surface area contributed by atoms with E-state index in [2.05, 4.69) is 33.9 Å². The minimum atomic E-state index is -0.256. The number of carbonyl (C=O) groups excluding carboxylic acids is 1. The van der Waals surface area contributed by atoms with E-state index in [9.17, 15) is 4.79 Å². The number of carbonyl (C=O) groups is 1. The van der Waals surface area contributed by atoms with Crippen molar-refractivity contribution in [3.05, 3.63) is 65.8 Å². The van der Waals surface area contributed by atoms with Gasteiger partial charge in [-0.1, -0.05) is 55.1 Å². The summed E-state index contributed by atoms with van der Waals surface area (Å²) in [6.45, 7) is 17.2.